The lowest BCUT2D eigenvalue weighted by Crippen LogP contribution is -2.33. The van der Waals surface area contributed by atoms with Crippen LogP contribution in [0.1, 0.15) is 39.5 Å². The van der Waals surface area contributed by atoms with E-state index in [1.807, 2.05) is 6.92 Å². The van der Waals surface area contributed by atoms with Crippen molar-refractivity contribution in [1.29, 1.82) is 0 Å². The van der Waals surface area contributed by atoms with Gasteiger partial charge in [-0.3, -0.25) is 0 Å². The molecule has 0 unspecified atom stereocenters. The van der Waals surface area contributed by atoms with E-state index in [9.17, 15) is 0 Å². The topological polar surface area (TPSA) is 86.0 Å². The molecule has 6 heteroatoms. The summed E-state index contributed by atoms with van der Waals surface area (Å²) in [5.74, 6) is 0.694. The Bertz CT molecular complexity index is 405. The van der Waals surface area contributed by atoms with E-state index in [2.05, 4.69) is 27.2 Å². The molecule has 100 valence electrons. The van der Waals surface area contributed by atoms with Crippen molar-refractivity contribution >= 4 is 11.9 Å². The SMILES string of the molecule is CCCOc1nc(N)nc(NCC2(C)CCC2)n1. The normalized spacial score (nSPS) is 17.0. The lowest BCUT2D eigenvalue weighted by Gasteiger charge is -2.38. The van der Waals surface area contributed by atoms with E-state index in [0.29, 0.717) is 24.0 Å². The highest BCUT2D eigenvalue weighted by Gasteiger charge is 2.31. The molecule has 3 N–H and O–H groups in total. The van der Waals surface area contributed by atoms with Gasteiger partial charge in [-0.25, -0.2) is 0 Å². The third-order valence-corrected chi connectivity index (χ3v) is 3.30. The van der Waals surface area contributed by atoms with Gasteiger partial charge < -0.3 is 15.8 Å². The van der Waals surface area contributed by atoms with Gasteiger partial charge in [0.2, 0.25) is 11.9 Å². The van der Waals surface area contributed by atoms with Gasteiger partial charge in [0.25, 0.3) is 0 Å². The molecule has 1 aliphatic carbocycles. The summed E-state index contributed by atoms with van der Waals surface area (Å²) in [5, 5.41) is 3.22. The van der Waals surface area contributed by atoms with Crippen LogP contribution in [0, 0.1) is 5.41 Å². The summed E-state index contributed by atoms with van der Waals surface area (Å²) >= 11 is 0. The van der Waals surface area contributed by atoms with Crippen molar-refractivity contribution in [2.45, 2.75) is 39.5 Å². The van der Waals surface area contributed by atoms with E-state index >= 15 is 0 Å². The molecular formula is C12H21N5O. The molecule has 0 radical (unpaired) electrons. The molecule has 1 aromatic rings. The Labute approximate surface area is 107 Å². The van der Waals surface area contributed by atoms with Crippen LogP contribution in [0.4, 0.5) is 11.9 Å². The Morgan fingerprint density at radius 2 is 2.11 bits per heavy atom. The zero-order valence-corrected chi connectivity index (χ0v) is 11.1. The number of anilines is 2. The average molecular weight is 251 g/mol. The van der Waals surface area contributed by atoms with Crippen LogP contribution in [-0.4, -0.2) is 28.1 Å². The van der Waals surface area contributed by atoms with Crippen LogP contribution in [0.5, 0.6) is 6.01 Å². The van der Waals surface area contributed by atoms with Crippen molar-refractivity contribution in [3.8, 4) is 6.01 Å². The smallest absolute Gasteiger partial charge is 0.323 e. The number of rotatable bonds is 6. The zero-order chi connectivity index (χ0) is 13.0. The van der Waals surface area contributed by atoms with Gasteiger partial charge in [-0.1, -0.05) is 20.3 Å². The van der Waals surface area contributed by atoms with Gasteiger partial charge in [0.15, 0.2) is 0 Å². The summed E-state index contributed by atoms with van der Waals surface area (Å²) in [6, 6.07) is 0.297. The Hall–Kier alpha value is -1.59. The minimum Gasteiger partial charge on any atom is -0.463 e. The van der Waals surface area contributed by atoms with E-state index in [0.717, 1.165) is 13.0 Å². The number of nitrogens with one attached hydrogen (secondary N) is 1. The van der Waals surface area contributed by atoms with E-state index in [-0.39, 0.29) is 5.95 Å². The molecule has 6 nitrogen and oxygen atoms in total. The number of nitrogens with two attached hydrogens (primary N) is 1. The molecule has 0 aromatic carbocycles. The first-order valence-electron chi connectivity index (χ1n) is 6.49. The number of ether oxygens (including phenoxy) is 1. The van der Waals surface area contributed by atoms with Gasteiger partial charge in [-0.15, -0.1) is 0 Å². The van der Waals surface area contributed by atoms with Gasteiger partial charge in [0.05, 0.1) is 6.61 Å². The predicted octanol–water partition coefficient (Wildman–Crippen LogP) is 1.84. The lowest BCUT2D eigenvalue weighted by molar-refractivity contribution is 0.179. The molecule has 0 aliphatic heterocycles. The summed E-state index contributed by atoms with van der Waals surface area (Å²) in [5.41, 5.74) is 6.00. The molecule has 18 heavy (non-hydrogen) atoms. The fourth-order valence-electron chi connectivity index (χ4n) is 1.96. The molecule has 0 bridgehead atoms. The van der Waals surface area contributed by atoms with Crippen LogP contribution in [0.3, 0.4) is 0 Å². The second kappa shape index (κ2) is 5.37. The van der Waals surface area contributed by atoms with Crippen molar-refractivity contribution in [2.24, 2.45) is 5.41 Å². The summed E-state index contributed by atoms with van der Waals surface area (Å²) in [7, 11) is 0. The van der Waals surface area contributed by atoms with Gasteiger partial charge in [-0.05, 0) is 24.7 Å². The Balaban J connectivity index is 1.96. The number of hydrogen-bond acceptors (Lipinski definition) is 6. The standard InChI is InChI=1S/C12H21N5O/c1-3-7-18-11-16-9(13)15-10(17-11)14-8-12(2)5-4-6-12/h3-8H2,1-2H3,(H3,13,14,15,16,17). The molecule has 0 atom stereocenters. The fourth-order valence-corrected chi connectivity index (χ4v) is 1.96. The zero-order valence-electron chi connectivity index (χ0n) is 11.1. The van der Waals surface area contributed by atoms with Crippen molar-refractivity contribution in [3.05, 3.63) is 0 Å². The maximum Gasteiger partial charge on any atom is 0.323 e. The third kappa shape index (κ3) is 3.21. The second-order valence-electron chi connectivity index (χ2n) is 5.17. The quantitative estimate of drug-likeness (QED) is 0.802. The molecule has 1 aromatic heterocycles. The minimum absolute atomic E-state index is 0.192. The van der Waals surface area contributed by atoms with Gasteiger partial charge in [-0.2, -0.15) is 15.0 Å². The Morgan fingerprint density at radius 1 is 1.33 bits per heavy atom. The largest absolute Gasteiger partial charge is 0.463 e. The average Bonchev–Trinajstić information content (AvgIpc) is 2.31. The van der Waals surface area contributed by atoms with Gasteiger partial charge >= 0.3 is 6.01 Å². The van der Waals surface area contributed by atoms with Gasteiger partial charge in [0.1, 0.15) is 0 Å². The Morgan fingerprint density at radius 3 is 2.72 bits per heavy atom. The van der Waals surface area contributed by atoms with Crippen LogP contribution in [0.2, 0.25) is 0 Å². The maximum absolute atomic E-state index is 5.63. The van der Waals surface area contributed by atoms with E-state index in [1.165, 1.54) is 19.3 Å². The fraction of sp³-hybridized carbons (Fsp3) is 0.750. The molecule has 1 heterocycles. The molecule has 0 spiro atoms. The minimum atomic E-state index is 0.192. The molecule has 2 rings (SSSR count). The van der Waals surface area contributed by atoms with E-state index in [1.54, 1.807) is 0 Å². The van der Waals surface area contributed by atoms with Crippen molar-refractivity contribution in [2.75, 3.05) is 24.2 Å². The number of nitrogens with zero attached hydrogens (tertiary/aromatic N) is 3. The molecule has 0 saturated heterocycles. The maximum atomic E-state index is 5.63. The third-order valence-electron chi connectivity index (χ3n) is 3.30. The number of aromatic nitrogens is 3. The van der Waals surface area contributed by atoms with Crippen molar-refractivity contribution in [3.63, 3.8) is 0 Å². The predicted molar refractivity (Wildman–Crippen MR) is 70.5 cm³/mol. The summed E-state index contributed by atoms with van der Waals surface area (Å²) in [6.07, 6.45) is 4.72. The summed E-state index contributed by atoms with van der Waals surface area (Å²) < 4.78 is 5.37. The summed E-state index contributed by atoms with van der Waals surface area (Å²) in [4.78, 5) is 12.2. The van der Waals surface area contributed by atoms with E-state index < -0.39 is 0 Å². The highest BCUT2D eigenvalue weighted by atomic mass is 16.5. The van der Waals surface area contributed by atoms with Crippen LogP contribution < -0.4 is 15.8 Å². The number of nitrogen functional groups attached to an aromatic ring is 1. The van der Waals surface area contributed by atoms with Crippen LogP contribution >= 0.6 is 0 Å². The van der Waals surface area contributed by atoms with Gasteiger partial charge in [0, 0.05) is 6.54 Å². The first-order valence-corrected chi connectivity index (χ1v) is 6.49. The molecule has 1 aliphatic rings. The molecule has 1 fully saturated rings. The highest BCUT2D eigenvalue weighted by molar-refractivity contribution is 5.32. The Kier molecular flexibility index (Phi) is 3.84. The van der Waals surface area contributed by atoms with Crippen molar-refractivity contribution in [1.82, 2.24) is 15.0 Å². The highest BCUT2D eigenvalue weighted by Crippen LogP contribution is 2.39. The first-order chi connectivity index (χ1) is 8.61. The lowest BCUT2D eigenvalue weighted by atomic mass is 9.70. The first kappa shape index (κ1) is 12.9. The van der Waals surface area contributed by atoms with Crippen LogP contribution in [0.15, 0.2) is 0 Å². The molecule has 1 saturated carbocycles. The van der Waals surface area contributed by atoms with Crippen LogP contribution in [-0.2, 0) is 0 Å². The second-order valence-corrected chi connectivity index (χ2v) is 5.17. The molecular weight excluding hydrogens is 230 g/mol. The van der Waals surface area contributed by atoms with E-state index in [4.69, 9.17) is 10.5 Å². The van der Waals surface area contributed by atoms with Crippen molar-refractivity contribution < 1.29 is 4.74 Å². The number of hydrogen-bond donors (Lipinski definition) is 2. The monoisotopic (exact) mass is 251 g/mol. The van der Waals surface area contributed by atoms with Crippen LogP contribution in [0.25, 0.3) is 0 Å². The molecule has 0 amide bonds. The summed E-state index contributed by atoms with van der Waals surface area (Å²) in [6.45, 7) is 5.74.